The second kappa shape index (κ2) is 9.92. The lowest BCUT2D eigenvalue weighted by molar-refractivity contribution is 0.0874. The molecule has 1 heterocycles. The molecule has 0 bridgehead atoms. The van der Waals surface area contributed by atoms with Crippen LogP contribution < -0.4 is 9.64 Å². The molecule has 2 atom stereocenters. The molecule has 0 amide bonds. The fourth-order valence-electron chi connectivity index (χ4n) is 8.05. The molecule has 41 heavy (non-hydrogen) atoms. The Morgan fingerprint density at radius 2 is 1.41 bits per heavy atom. The Hall–Kier alpha value is -4.37. The van der Waals surface area contributed by atoms with Gasteiger partial charge in [-0.15, -0.1) is 0 Å². The number of carbonyl (C=O) groups excluding carboxylic acids is 1. The number of para-hydroxylation sites is 1. The number of ether oxygens (including phenoxy) is 1. The highest BCUT2D eigenvalue weighted by Crippen LogP contribution is 2.65. The summed E-state index contributed by atoms with van der Waals surface area (Å²) in [5.74, 6) is 0.575. The fourth-order valence-corrected chi connectivity index (χ4v) is 8.05. The lowest BCUT2D eigenvalue weighted by Crippen LogP contribution is -2.62. The molecular formula is C38H35NO2. The minimum atomic E-state index is -0.574. The van der Waals surface area contributed by atoms with Crippen LogP contribution in [0.4, 0.5) is 5.69 Å². The van der Waals surface area contributed by atoms with Crippen LogP contribution in [0.5, 0.6) is 5.75 Å². The van der Waals surface area contributed by atoms with Gasteiger partial charge in [-0.2, -0.15) is 0 Å². The summed E-state index contributed by atoms with van der Waals surface area (Å²) in [4.78, 5) is 17.5. The van der Waals surface area contributed by atoms with Crippen LogP contribution in [0.15, 0.2) is 121 Å². The summed E-state index contributed by atoms with van der Waals surface area (Å²) in [7, 11) is 3.91. The number of hydrogen-bond acceptors (Lipinski definition) is 3. The number of rotatable bonds is 5. The lowest BCUT2D eigenvalue weighted by atomic mass is 9.55. The summed E-state index contributed by atoms with van der Waals surface area (Å²) in [6.45, 7) is 0. The minimum Gasteiger partial charge on any atom is -0.497 e. The highest BCUT2D eigenvalue weighted by molar-refractivity contribution is 6.10. The van der Waals surface area contributed by atoms with Gasteiger partial charge < -0.3 is 9.64 Å². The second-order valence-corrected chi connectivity index (χ2v) is 11.6. The van der Waals surface area contributed by atoms with Crippen molar-refractivity contribution >= 4 is 22.6 Å². The third-order valence-corrected chi connectivity index (χ3v) is 9.85. The first-order valence-corrected chi connectivity index (χ1v) is 14.7. The summed E-state index contributed by atoms with van der Waals surface area (Å²) in [5, 5.41) is 0. The highest BCUT2D eigenvalue weighted by Gasteiger charge is 2.66. The standard InChI is InChI=1S/C38H35NO2/c1-39-34-18-10-9-17-33(34)37(23-11-12-24-37)38(39)26-30(27-13-5-3-6-14-27)25-32(28-19-21-31(41-2)22-20-28)35(38)36(40)29-15-7-4-8-16-29/h3-10,13-22,25-26,35H,11-12,23-24H2,1-2H3/t35-,38-/m0/s1. The Morgan fingerprint density at radius 3 is 2.10 bits per heavy atom. The number of nitrogens with zero attached hydrogens (tertiary/aromatic N) is 1. The van der Waals surface area contributed by atoms with Gasteiger partial charge in [0.05, 0.1) is 18.6 Å². The largest absolute Gasteiger partial charge is 0.497 e. The van der Waals surface area contributed by atoms with E-state index in [1.807, 2.05) is 42.5 Å². The summed E-state index contributed by atoms with van der Waals surface area (Å²) in [5.41, 5.74) is 7.07. The minimum absolute atomic E-state index is 0.168. The molecule has 0 unspecified atom stereocenters. The number of ketones is 1. The van der Waals surface area contributed by atoms with E-state index in [4.69, 9.17) is 4.74 Å². The van der Waals surface area contributed by atoms with Crippen LogP contribution in [0.25, 0.3) is 11.1 Å². The van der Waals surface area contributed by atoms with E-state index in [1.165, 1.54) is 22.4 Å². The van der Waals surface area contributed by atoms with Crippen LogP contribution in [0.3, 0.4) is 0 Å². The first-order chi connectivity index (χ1) is 20.1. The highest BCUT2D eigenvalue weighted by atomic mass is 16.5. The molecule has 0 radical (unpaired) electrons. The Labute approximate surface area is 242 Å². The molecule has 2 spiro atoms. The lowest BCUT2D eigenvalue weighted by Gasteiger charge is -2.53. The monoisotopic (exact) mass is 537 g/mol. The number of likely N-dealkylation sites (N-methyl/N-ethyl adjacent to an activating group) is 1. The Kier molecular flexibility index (Phi) is 6.19. The van der Waals surface area contributed by atoms with Gasteiger partial charge in [-0.25, -0.2) is 0 Å². The quantitative estimate of drug-likeness (QED) is 0.240. The first kappa shape index (κ1) is 25.6. The normalized spacial score (nSPS) is 22.4. The van der Waals surface area contributed by atoms with E-state index >= 15 is 4.79 Å². The first-order valence-electron chi connectivity index (χ1n) is 14.7. The van der Waals surface area contributed by atoms with Crippen LogP contribution in [-0.4, -0.2) is 25.5 Å². The number of carbonyl (C=O) groups is 1. The van der Waals surface area contributed by atoms with Gasteiger partial charge in [0.25, 0.3) is 0 Å². The number of benzene rings is 4. The second-order valence-electron chi connectivity index (χ2n) is 11.6. The molecule has 0 N–H and O–H groups in total. The summed E-state index contributed by atoms with van der Waals surface area (Å²) in [6, 6.07) is 37.6. The predicted molar refractivity (Wildman–Crippen MR) is 167 cm³/mol. The van der Waals surface area contributed by atoms with Crippen molar-refractivity contribution in [2.75, 3.05) is 19.1 Å². The van der Waals surface area contributed by atoms with Crippen molar-refractivity contribution in [3.63, 3.8) is 0 Å². The van der Waals surface area contributed by atoms with E-state index in [1.54, 1.807) is 7.11 Å². The zero-order valence-corrected chi connectivity index (χ0v) is 23.7. The number of fused-ring (bicyclic) bond motifs is 3. The maximum Gasteiger partial charge on any atom is 0.173 e. The van der Waals surface area contributed by atoms with Crippen LogP contribution in [0.2, 0.25) is 0 Å². The molecule has 1 saturated carbocycles. The molecule has 3 nitrogen and oxygen atoms in total. The zero-order valence-electron chi connectivity index (χ0n) is 23.7. The summed E-state index contributed by atoms with van der Waals surface area (Å²) >= 11 is 0. The van der Waals surface area contributed by atoms with Crippen LogP contribution >= 0.6 is 0 Å². The molecule has 0 aromatic heterocycles. The molecule has 3 aliphatic rings. The average molecular weight is 538 g/mol. The van der Waals surface area contributed by atoms with E-state index in [2.05, 4.69) is 90.8 Å². The van der Waals surface area contributed by atoms with Crippen LogP contribution in [-0.2, 0) is 5.41 Å². The van der Waals surface area contributed by atoms with Crippen molar-refractivity contribution in [3.8, 4) is 5.75 Å². The maximum atomic E-state index is 15.0. The predicted octanol–water partition coefficient (Wildman–Crippen LogP) is 8.38. The SMILES string of the molecule is COc1ccc(C2=CC(c3ccccc3)=C[C@@]3([C@@H]2C(=O)c2ccccc2)N(C)c2ccccc2C32CCCC2)cc1. The summed E-state index contributed by atoms with van der Waals surface area (Å²) in [6.07, 6.45) is 9.17. The molecular weight excluding hydrogens is 502 g/mol. The molecule has 0 saturated heterocycles. The van der Waals surface area contributed by atoms with Gasteiger partial charge >= 0.3 is 0 Å². The number of hydrogen-bond donors (Lipinski definition) is 0. The van der Waals surface area contributed by atoms with E-state index < -0.39 is 11.5 Å². The van der Waals surface area contributed by atoms with Crippen molar-refractivity contribution in [2.24, 2.45) is 5.92 Å². The topological polar surface area (TPSA) is 29.5 Å². The van der Waals surface area contributed by atoms with Gasteiger partial charge in [0, 0.05) is 23.7 Å². The van der Waals surface area contributed by atoms with E-state index in [0.29, 0.717) is 0 Å². The number of anilines is 1. The van der Waals surface area contributed by atoms with Gasteiger partial charge in [0.2, 0.25) is 0 Å². The Morgan fingerprint density at radius 1 is 0.780 bits per heavy atom. The zero-order chi connectivity index (χ0) is 28.0. The van der Waals surface area contributed by atoms with Gasteiger partial charge in [-0.3, -0.25) is 4.79 Å². The number of Topliss-reactive ketones (excluding diaryl/α,β-unsaturated/α-hetero) is 1. The van der Waals surface area contributed by atoms with Crippen LogP contribution in [0.1, 0.15) is 52.7 Å². The smallest absolute Gasteiger partial charge is 0.173 e. The Balaban J connectivity index is 1.56. The van der Waals surface area contributed by atoms with Crippen molar-refractivity contribution in [2.45, 2.75) is 36.6 Å². The fraction of sp³-hybridized carbons (Fsp3) is 0.237. The van der Waals surface area contributed by atoms with E-state index in [-0.39, 0.29) is 11.2 Å². The maximum absolute atomic E-state index is 15.0. The molecule has 2 aliphatic carbocycles. The van der Waals surface area contributed by atoms with Crippen molar-refractivity contribution in [3.05, 3.63) is 144 Å². The Bertz CT molecular complexity index is 1650. The molecule has 204 valence electrons. The molecule has 4 aromatic carbocycles. The van der Waals surface area contributed by atoms with Gasteiger partial charge in [0.1, 0.15) is 5.75 Å². The van der Waals surface area contributed by atoms with Gasteiger partial charge in [0.15, 0.2) is 5.78 Å². The van der Waals surface area contributed by atoms with E-state index in [0.717, 1.165) is 48.1 Å². The molecule has 3 heteroatoms. The average Bonchev–Trinajstić information content (AvgIpc) is 3.62. The molecule has 1 fully saturated rings. The van der Waals surface area contributed by atoms with Crippen molar-refractivity contribution < 1.29 is 9.53 Å². The third kappa shape index (κ3) is 3.75. The number of allylic oxidation sites excluding steroid dienone is 2. The van der Waals surface area contributed by atoms with Crippen molar-refractivity contribution in [1.29, 1.82) is 0 Å². The van der Waals surface area contributed by atoms with Gasteiger partial charge in [-0.1, -0.05) is 104 Å². The molecule has 1 aliphatic heterocycles. The summed E-state index contributed by atoms with van der Waals surface area (Å²) < 4.78 is 5.51. The van der Waals surface area contributed by atoms with E-state index in [9.17, 15) is 0 Å². The van der Waals surface area contributed by atoms with Gasteiger partial charge in [-0.05, 0) is 71.0 Å². The molecule has 4 aromatic rings. The third-order valence-electron chi connectivity index (χ3n) is 9.85. The number of methoxy groups -OCH3 is 1. The van der Waals surface area contributed by atoms with Crippen LogP contribution in [0, 0.1) is 5.92 Å². The molecule has 7 rings (SSSR count). The van der Waals surface area contributed by atoms with Crippen molar-refractivity contribution in [1.82, 2.24) is 0 Å².